The van der Waals surface area contributed by atoms with Crippen LogP contribution >= 0.6 is 11.6 Å². The summed E-state index contributed by atoms with van der Waals surface area (Å²) in [6.07, 6.45) is 3.49. The number of halogens is 1. The number of nitrogens with zero attached hydrogens (tertiary/aromatic N) is 2. The Morgan fingerprint density at radius 1 is 1.06 bits per heavy atom. The van der Waals surface area contributed by atoms with Crippen molar-refractivity contribution in [2.75, 3.05) is 17.2 Å². The molecule has 1 aliphatic heterocycles. The van der Waals surface area contributed by atoms with Gasteiger partial charge in [-0.2, -0.15) is 4.98 Å². The van der Waals surface area contributed by atoms with E-state index in [0.29, 0.717) is 24.1 Å². The first-order valence-electron chi connectivity index (χ1n) is 11.3. The molecule has 1 aliphatic rings. The van der Waals surface area contributed by atoms with Gasteiger partial charge < -0.3 is 15.4 Å². The first-order valence-corrected chi connectivity index (χ1v) is 13.2. The van der Waals surface area contributed by atoms with Crippen LogP contribution in [-0.4, -0.2) is 30.2 Å². The molecule has 0 unspecified atom stereocenters. The molecule has 34 heavy (non-hydrogen) atoms. The number of fused-ring (bicyclic) bond motifs is 1. The van der Waals surface area contributed by atoms with Crippen molar-refractivity contribution in [2.24, 2.45) is 0 Å². The van der Waals surface area contributed by atoms with Crippen molar-refractivity contribution in [3.05, 3.63) is 59.2 Å². The van der Waals surface area contributed by atoms with Crippen LogP contribution in [0.1, 0.15) is 46.1 Å². The van der Waals surface area contributed by atoms with Gasteiger partial charge in [-0.25, -0.2) is 13.4 Å². The molecule has 2 aromatic carbocycles. The minimum atomic E-state index is -3.51. The minimum Gasteiger partial charge on any atom is -0.491 e. The predicted molar refractivity (Wildman–Crippen MR) is 137 cm³/mol. The fraction of sp³-hybridized carbons (Fsp3) is 0.360. The van der Waals surface area contributed by atoms with Gasteiger partial charge in [-0.05, 0) is 50.3 Å². The van der Waals surface area contributed by atoms with Gasteiger partial charge in [-0.15, -0.1) is 0 Å². The van der Waals surface area contributed by atoms with E-state index >= 15 is 0 Å². The van der Waals surface area contributed by atoms with Gasteiger partial charge in [0.15, 0.2) is 15.7 Å². The van der Waals surface area contributed by atoms with Gasteiger partial charge in [0.1, 0.15) is 10.8 Å². The SMILES string of the molecule is CC(C)S(=O)(=O)c1ccccc1Nc1nc(Nc2cccc3c2OCCCC3(C)C)ncc1Cl. The van der Waals surface area contributed by atoms with Crippen LogP contribution in [0.15, 0.2) is 53.6 Å². The Labute approximate surface area is 205 Å². The Balaban J connectivity index is 1.68. The van der Waals surface area contributed by atoms with Crippen LogP contribution in [-0.2, 0) is 15.3 Å². The average molecular weight is 501 g/mol. The quantitative estimate of drug-likeness (QED) is 0.413. The van der Waals surface area contributed by atoms with E-state index < -0.39 is 15.1 Å². The second-order valence-corrected chi connectivity index (χ2v) is 12.1. The van der Waals surface area contributed by atoms with Crippen LogP contribution in [0.4, 0.5) is 23.1 Å². The topological polar surface area (TPSA) is 93.2 Å². The third-order valence-corrected chi connectivity index (χ3v) is 8.48. The average Bonchev–Trinajstić information content (AvgIpc) is 2.95. The number of hydrogen-bond donors (Lipinski definition) is 2. The van der Waals surface area contributed by atoms with Crippen molar-refractivity contribution in [1.82, 2.24) is 9.97 Å². The molecule has 9 heteroatoms. The van der Waals surface area contributed by atoms with E-state index in [9.17, 15) is 8.42 Å². The summed E-state index contributed by atoms with van der Waals surface area (Å²) in [6, 6.07) is 12.7. The smallest absolute Gasteiger partial charge is 0.229 e. The van der Waals surface area contributed by atoms with Gasteiger partial charge in [-0.1, -0.05) is 49.7 Å². The van der Waals surface area contributed by atoms with Crippen molar-refractivity contribution >= 4 is 44.6 Å². The molecule has 3 aromatic rings. The minimum absolute atomic E-state index is 0.0112. The predicted octanol–water partition coefficient (Wildman–Crippen LogP) is 6.25. The van der Waals surface area contributed by atoms with Crippen LogP contribution in [0.2, 0.25) is 5.02 Å². The highest BCUT2D eigenvalue weighted by Gasteiger charge is 2.29. The van der Waals surface area contributed by atoms with Gasteiger partial charge in [0.2, 0.25) is 5.95 Å². The summed E-state index contributed by atoms with van der Waals surface area (Å²) in [7, 11) is -3.51. The zero-order valence-electron chi connectivity index (χ0n) is 19.7. The molecule has 0 spiro atoms. The number of rotatable bonds is 6. The number of sulfone groups is 1. The van der Waals surface area contributed by atoms with Crippen LogP contribution < -0.4 is 15.4 Å². The van der Waals surface area contributed by atoms with Gasteiger partial charge in [0.05, 0.1) is 34.3 Å². The maximum absolute atomic E-state index is 12.8. The standard InChI is InChI=1S/C25H29ClN4O3S/c1-16(2)34(31,32)21-12-6-5-10-19(21)28-23-18(26)15-27-24(30-23)29-20-11-7-9-17-22(20)33-14-8-13-25(17,3)4/h5-7,9-12,15-16H,8,13-14H2,1-4H3,(H2,27,28,29,30). The zero-order valence-corrected chi connectivity index (χ0v) is 21.3. The lowest BCUT2D eigenvalue weighted by Crippen LogP contribution is -2.16. The highest BCUT2D eigenvalue weighted by atomic mass is 35.5. The summed E-state index contributed by atoms with van der Waals surface area (Å²) in [6.45, 7) is 8.38. The van der Waals surface area contributed by atoms with E-state index in [1.54, 1.807) is 38.1 Å². The Kier molecular flexibility index (Phi) is 6.73. The molecule has 1 aromatic heterocycles. The molecular formula is C25H29ClN4O3S. The molecule has 180 valence electrons. The van der Waals surface area contributed by atoms with Crippen molar-refractivity contribution in [3.8, 4) is 5.75 Å². The summed E-state index contributed by atoms with van der Waals surface area (Å²) >= 11 is 6.36. The van der Waals surface area contributed by atoms with Crippen LogP contribution in [0.25, 0.3) is 0 Å². The molecule has 0 saturated carbocycles. The van der Waals surface area contributed by atoms with Crippen LogP contribution in [0.5, 0.6) is 5.75 Å². The molecule has 0 amide bonds. The van der Waals surface area contributed by atoms with Gasteiger partial charge in [-0.3, -0.25) is 0 Å². The van der Waals surface area contributed by atoms with Crippen molar-refractivity contribution in [1.29, 1.82) is 0 Å². The van der Waals surface area contributed by atoms with Gasteiger partial charge in [0, 0.05) is 5.56 Å². The first kappa shape index (κ1) is 24.3. The van der Waals surface area contributed by atoms with Crippen LogP contribution in [0, 0.1) is 0 Å². The highest BCUT2D eigenvalue weighted by Crippen LogP contribution is 2.42. The molecule has 2 N–H and O–H groups in total. The molecule has 0 radical (unpaired) electrons. The van der Waals surface area contributed by atoms with E-state index in [1.165, 1.54) is 6.20 Å². The largest absolute Gasteiger partial charge is 0.491 e. The Morgan fingerprint density at radius 2 is 1.79 bits per heavy atom. The first-order chi connectivity index (χ1) is 16.1. The Morgan fingerprint density at radius 3 is 2.56 bits per heavy atom. The summed E-state index contributed by atoms with van der Waals surface area (Å²) in [5.74, 6) is 1.41. The van der Waals surface area contributed by atoms with Gasteiger partial charge >= 0.3 is 0 Å². The number of hydrogen-bond acceptors (Lipinski definition) is 7. The third-order valence-electron chi connectivity index (χ3n) is 5.99. The molecular weight excluding hydrogens is 472 g/mol. The second-order valence-electron chi connectivity index (χ2n) is 9.25. The van der Waals surface area contributed by atoms with E-state index in [0.717, 1.165) is 29.8 Å². The van der Waals surface area contributed by atoms with Gasteiger partial charge in [0.25, 0.3) is 0 Å². The highest BCUT2D eigenvalue weighted by molar-refractivity contribution is 7.92. The fourth-order valence-electron chi connectivity index (χ4n) is 3.98. The number of aromatic nitrogens is 2. The number of anilines is 4. The molecule has 4 rings (SSSR count). The molecule has 2 heterocycles. The fourth-order valence-corrected chi connectivity index (χ4v) is 5.32. The monoisotopic (exact) mass is 500 g/mol. The molecule has 0 saturated heterocycles. The van der Waals surface area contributed by atoms with E-state index in [2.05, 4.69) is 40.5 Å². The summed E-state index contributed by atoms with van der Waals surface area (Å²) in [4.78, 5) is 9.03. The maximum atomic E-state index is 12.8. The maximum Gasteiger partial charge on any atom is 0.229 e. The molecule has 7 nitrogen and oxygen atoms in total. The number of ether oxygens (including phenoxy) is 1. The summed E-state index contributed by atoms with van der Waals surface area (Å²) in [5, 5.41) is 6.04. The Bertz CT molecular complexity index is 1310. The van der Waals surface area contributed by atoms with Crippen molar-refractivity contribution in [3.63, 3.8) is 0 Å². The molecule has 0 fully saturated rings. The van der Waals surface area contributed by atoms with E-state index in [4.69, 9.17) is 16.3 Å². The van der Waals surface area contributed by atoms with Crippen molar-refractivity contribution in [2.45, 2.75) is 56.1 Å². The summed E-state index contributed by atoms with van der Waals surface area (Å²) in [5.41, 5.74) is 2.29. The summed E-state index contributed by atoms with van der Waals surface area (Å²) < 4.78 is 31.7. The van der Waals surface area contributed by atoms with Crippen molar-refractivity contribution < 1.29 is 13.2 Å². The third kappa shape index (κ3) is 4.83. The molecule has 0 bridgehead atoms. The van der Waals surface area contributed by atoms with E-state index in [-0.39, 0.29) is 15.3 Å². The lowest BCUT2D eigenvalue weighted by molar-refractivity contribution is 0.315. The number of para-hydroxylation sites is 2. The molecule has 0 aliphatic carbocycles. The van der Waals surface area contributed by atoms with E-state index in [1.807, 2.05) is 12.1 Å². The zero-order chi connectivity index (χ0) is 24.5. The number of nitrogens with one attached hydrogen (secondary N) is 2. The lowest BCUT2D eigenvalue weighted by atomic mass is 9.80. The lowest BCUT2D eigenvalue weighted by Gasteiger charge is -2.25. The van der Waals surface area contributed by atoms with Crippen LogP contribution in [0.3, 0.4) is 0 Å². The Hall–Kier alpha value is -2.84. The number of benzene rings is 2. The second kappa shape index (κ2) is 9.43. The normalized spacial score (nSPS) is 15.2. The molecule has 0 atom stereocenters.